The fraction of sp³-hybridized carbons (Fsp3) is 0.167. The first-order valence-corrected chi connectivity index (χ1v) is 4.95. The van der Waals surface area contributed by atoms with Crippen molar-refractivity contribution in [3.05, 3.63) is 59.7 Å². The van der Waals surface area contributed by atoms with Crippen molar-refractivity contribution in [1.82, 2.24) is 9.97 Å². The molecule has 0 saturated carbocycles. The second-order valence-corrected chi connectivity index (χ2v) is 3.82. The van der Waals surface area contributed by atoms with E-state index in [0.29, 0.717) is 0 Å². The summed E-state index contributed by atoms with van der Waals surface area (Å²) in [4.78, 5) is 7.23. The highest BCUT2D eigenvalue weighted by molar-refractivity contribution is 5.33. The van der Waals surface area contributed by atoms with Crippen molar-refractivity contribution in [2.75, 3.05) is 0 Å². The zero-order valence-electron chi connectivity index (χ0n) is 9.06. The molecule has 0 radical (unpaired) electrons. The normalized spacial score (nSPS) is 14.4. The number of pyridine rings is 2. The minimum Gasteiger partial charge on any atom is -0.381 e. The molecule has 17 heavy (non-hydrogen) atoms. The summed E-state index contributed by atoms with van der Waals surface area (Å²) in [7, 11) is 0. The van der Waals surface area contributed by atoms with Crippen LogP contribution in [0.4, 0.5) is 8.78 Å². The molecule has 0 saturated heterocycles. The lowest BCUT2D eigenvalue weighted by atomic mass is 9.89. The first-order valence-electron chi connectivity index (χ1n) is 4.95. The molecule has 1 atom stereocenters. The molecule has 0 aliphatic heterocycles. The van der Waals surface area contributed by atoms with Crippen LogP contribution in [0.3, 0.4) is 0 Å². The number of hydrogen-bond acceptors (Lipinski definition) is 3. The number of aliphatic hydroxyl groups is 1. The Morgan fingerprint density at radius 1 is 1.18 bits per heavy atom. The standard InChI is InChI=1S/C12H10F2N2O/c1-12(17,8-4-9(13)6-16-5-8)10-2-3-15-7-11(10)14/h2-7,17H,1H3. The lowest BCUT2D eigenvalue weighted by Crippen LogP contribution is -2.24. The quantitative estimate of drug-likeness (QED) is 0.867. The van der Waals surface area contributed by atoms with E-state index in [9.17, 15) is 13.9 Å². The minimum atomic E-state index is -1.65. The van der Waals surface area contributed by atoms with Crippen LogP contribution < -0.4 is 0 Å². The highest BCUT2D eigenvalue weighted by Crippen LogP contribution is 2.30. The lowest BCUT2D eigenvalue weighted by molar-refractivity contribution is 0.0970. The van der Waals surface area contributed by atoms with Gasteiger partial charge in [-0.2, -0.15) is 0 Å². The molecule has 2 rings (SSSR count). The minimum absolute atomic E-state index is 0.0277. The van der Waals surface area contributed by atoms with Gasteiger partial charge in [-0.1, -0.05) is 0 Å². The Kier molecular flexibility index (Phi) is 2.85. The molecule has 0 aromatic carbocycles. The van der Waals surface area contributed by atoms with Crippen molar-refractivity contribution in [2.24, 2.45) is 0 Å². The predicted octanol–water partition coefficient (Wildman–Crippen LogP) is 2.01. The first kappa shape index (κ1) is 11.6. The average Bonchev–Trinajstić information content (AvgIpc) is 2.29. The van der Waals surface area contributed by atoms with Crippen molar-refractivity contribution < 1.29 is 13.9 Å². The lowest BCUT2D eigenvalue weighted by Gasteiger charge is -2.24. The maximum atomic E-state index is 13.5. The molecule has 3 nitrogen and oxygen atoms in total. The molecule has 1 N–H and O–H groups in total. The van der Waals surface area contributed by atoms with Crippen LogP contribution in [0.15, 0.2) is 36.9 Å². The third-order valence-electron chi connectivity index (χ3n) is 2.56. The summed E-state index contributed by atoms with van der Waals surface area (Å²) in [6, 6.07) is 2.47. The van der Waals surface area contributed by atoms with Gasteiger partial charge >= 0.3 is 0 Å². The van der Waals surface area contributed by atoms with Crippen LogP contribution >= 0.6 is 0 Å². The summed E-state index contributed by atoms with van der Waals surface area (Å²) in [6.07, 6.45) is 4.67. The SMILES string of the molecule is CC(O)(c1cncc(F)c1)c1ccncc1F. The molecule has 2 aromatic heterocycles. The van der Waals surface area contributed by atoms with E-state index in [0.717, 1.165) is 18.5 Å². The molecule has 0 fully saturated rings. The summed E-state index contributed by atoms with van der Waals surface area (Å²) in [5, 5.41) is 10.3. The van der Waals surface area contributed by atoms with Gasteiger partial charge in [0.25, 0.3) is 0 Å². The van der Waals surface area contributed by atoms with Crippen LogP contribution in [0.1, 0.15) is 18.1 Å². The van der Waals surface area contributed by atoms with Crippen molar-refractivity contribution in [3.63, 3.8) is 0 Å². The second-order valence-electron chi connectivity index (χ2n) is 3.82. The fourth-order valence-corrected chi connectivity index (χ4v) is 1.60. The van der Waals surface area contributed by atoms with E-state index >= 15 is 0 Å². The number of halogens is 2. The van der Waals surface area contributed by atoms with E-state index < -0.39 is 17.2 Å². The Hall–Kier alpha value is -1.88. The van der Waals surface area contributed by atoms with Crippen LogP contribution in [0.25, 0.3) is 0 Å². The Morgan fingerprint density at radius 3 is 2.59 bits per heavy atom. The van der Waals surface area contributed by atoms with Gasteiger partial charge in [-0.25, -0.2) is 8.78 Å². The molecule has 1 unspecified atom stereocenters. The van der Waals surface area contributed by atoms with Crippen LogP contribution in [0, 0.1) is 11.6 Å². The van der Waals surface area contributed by atoms with Gasteiger partial charge in [0.15, 0.2) is 0 Å². The van der Waals surface area contributed by atoms with Gasteiger partial charge in [-0.05, 0) is 19.1 Å². The largest absolute Gasteiger partial charge is 0.381 e. The molecule has 0 bridgehead atoms. The van der Waals surface area contributed by atoms with E-state index in [2.05, 4.69) is 9.97 Å². The zero-order chi connectivity index (χ0) is 12.5. The molecule has 0 aliphatic carbocycles. The topological polar surface area (TPSA) is 46.0 Å². The highest BCUT2D eigenvalue weighted by Gasteiger charge is 2.29. The summed E-state index contributed by atoms with van der Waals surface area (Å²) in [5.41, 5.74) is -1.44. The summed E-state index contributed by atoms with van der Waals surface area (Å²) < 4.78 is 26.6. The van der Waals surface area contributed by atoms with E-state index in [1.807, 2.05) is 0 Å². The first-order chi connectivity index (χ1) is 8.01. The number of aromatic nitrogens is 2. The van der Waals surface area contributed by atoms with Crippen molar-refractivity contribution in [2.45, 2.75) is 12.5 Å². The molecule has 88 valence electrons. The Labute approximate surface area is 96.8 Å². The molecule has 5 heteroatoms. The summed E-state index contributed by atoms with van der Waals surface area (Å²) in [6.45, 7) is 1.38. The van der Waals surface area contributed by atoms with E-state index in [-0.39, 0.29) is 11.1 Å². The van der Waals surface area contributed by atoms with E-state index in [1.54, 1.807) is 0 Å². The summed E-state index contributed by atoms with van der Waals surface area (Å²) in [5.74, 6) is -1.24. The molecular formula is C12H10F2N2O. The number of hydrogen-bond donors (Lipinski definition) is 1. The smallest absolute Gasteiger partial charge is 0.147 e. The third kappa shape index (κ3) is 2.14. The van der Waals surface area contributed by atoms with Gasteiger partial charge in [-0.3, -0.25) is 9.97 Å². The van der Waals surface area contributed by atoms with Gasteiger partial charge in [0.05, 0.1) is 12.4 Å². The molecule has 0 amide bonds. The average molecular weight is 236 g/mol. The van der Waals surface area contributed by atoms with E-state index in [4.69, 9.17) is 0 Å². The van der Waals surface area contributed by atoms with Crippen molar-refractivity contribution in [1.29, 1.82) is 0 Å². The van der Waals surface area contributed by atoms with Gasteiger partial charge in [0.2, 0.25) is 0 Å². The maximum Gasteiger partial charge on any atom is 0.147 e. The highest BCUT2D eigenvalue weighted by atomic mass is 19.1. The van der Waals surface area contributed by atoms with Gasteiger partial charge in [0.1, 0.15) is 17.2 Å². The summed E-state index contributed by atoms with van der Waals surface area (Å²) >= 11 is 0. The molecular weight excluding hydrogens is 226 g/mol. The number of nitrogens with zero attached hydrogens (tertiary/aromatic N) is 2. The third-order valence-corrected chi connectivity index (χ3v) is 2.56. The Balaban J connectivity index is 2.53. The molecule has 0 aliphatic rings. The molecule has 2 aromatic rings. The Bertz CT molecular complexity index is 544. The second kappa shape index (κ2) is 4.18. The fourth-order valence-electron chi connectivity index (χ4n) is 1.60. The van der Waals surface area contributed by atoms with Gasteiger partial charge in [0, 0.05) is 23.5 Å². The van der Waals surface area contributed by atoms with Crippen LogP contribution in [0.5, 0.6) is 0 Å². The van der Waals surface area contributed by atoms with Crippen molar-refractivity contribution >= 4 is 0 Å². The Morgan fingerprint density at radius 2 is 1.94 bits per heavy atom. The maximum absolute atomic E-state index is 13.5. The van der Waals surface area contributed by atoms with Crippen LogP contribution in [0.2, 0.25) is 0 Å². The zero-order valence-corrected chi connectivity index (χ0v) is 9.06. The van der Waals surface area contributed by atoms with E-state index in [1.165, 1.54) is 25.4 Å². The van der Waals surface area contributed by atoms with Crippen LogP contribution in [-0.4, -0.2) is 15.1 Å². The van der Waals surface area contributed by atoms with Gasteiger partial charge < -0.3 is 5.11 Å². The monoisotopic (exact) mass is 236 g/mol. The predicted molar refractivity (Wildman–Crippen MR) is 57.1 cm³/mol. The van der Waals surface area contributed by atoms with Crippen LogP contribution in [-0.2, 0) is 5.60 Å². The van der Waals surface area contributed by atoms with Gasteiger partial charge in [-0.15, -0.1) is 0 Å². The van der Waals surface area contributed by atoms with Crippen molar-refractivity contribution in [3.8, 4) is 0 Å². The molecule has 2 heterocycles. The number of rotatable bonds is 2. The molecule has 0 spiro atoms.